The highest BCUT2D eigenvalue weighted by Gasteiger charge is 2.08. The van der Waals surface area contributed by atoms with Crippen LogP contribution in [0.5, 0.6) is 0 Å². The van der Waals surface area contributed by atoms with Crippen LogP contribution < -0.4 is 0 Å². The van der Waals surface area contributed by atoms with Gasteiger partial charge in [-0.1, -0.05) is 34.1 Å². The molecule has 0 aliphatic rings. The highest BCUT2D eigenvalue weighted by molar-refractivity contribution is 9.10. The van der Waals surface area contributed by atoms with Crippen molar-refractivity contribution in [3.8, 4) is 11.1 Å². The molecule has 1 heterocycles. The number of hydrogen-bond donors (Lipinski definition) is 1. The van der Waals surface area contributed by atoms with Crippen LogP contribution in [0.3, 0.4) is 0 Å². The van der Waals surface area contributed by atoms with E-state index >= 15 is 0 Å². The van der Waals surface area contributed by atoms with E-state index in [4.69, 9.17) is 0 Å². The highest BCUT2D eigenvalue weighted by Crippen LogP contribution is 2.28. The van der Waals surface area contributed by atoms with E-state index in [-0.39, 0.29) is 0 Å². The molecule has 0 aliphatic carbocycles. The number of aldehydes is 1. The van der Waals surface area contributed by atoms with Crippen molar-refractivity contribution < 1.29 is 4.79 Å². The van der Waals surface area contributed by atoms with Gasteiger partial charge < -0.3 is 0 Å². The average Bonchev–Trinajstić information content (AvgIpc) is 2.66. The summed E-state index contributed by atoms with van der Waals surface area (Å²) in [5, 5.41) is 6.48. The molecular weight excluding hydrogens is 244 g/mol. The van der Waals surface area contributed by atoms with E-state index in [0.717, 1.165) is 21.9 Å². The van der Waals surface area contributed by atoms with Crippen LogP contribution in [0.25, 0.3) is 11.1 Å². The van der Waals surface area contributed by atoms with Crippen LogP contribution in [-0.2, 0) is 0 Å². The summed E-state index contributed by atoms with van der Waals surface area (Å²) in [7, 11) is 0. The SMILES string of the molecule is O=Cc1[nH]ncc1-c1ccccc1Br. The second-order valence-electron chi connectivity index (χ2n) is 2.80. The summed E-state index contributed by atoms with van der Waals surface area (Å²) in [6, 6.07) is 7.70. The van der Waals surface area contributed by atoms with Crippen LogP contribution in [0.15, 0.2) is 34.9 Å². The molecule has 1 aromatic carbocycles. The number of carbonyl (C=O) groups excluding carboxylic acids is 1. The molecule has 0 saturated heterocycles. The lowest BCUT2D eigenvalue weighted by Crippen LogP contribution is -1.84. The first-order chi connectivity index (χ1) is 6.83. The third-order valence-corrected chi connectivity index (χ3v) is 2.64. The zero-order valence-corrected chi connectivity index (χ0v) is 8.78. The first-order valence-electron chi connectivity index (χ1n) is 4.06. The summed E-state index contributed by atoms with van der Waals surface area (Å²) in [4.78, 5) is 10.7. The minimum absolute atomic E-state index is 0.497. The third-order valence-electron chi connectivity index (χ3n) is 1.95. The molecule has 0 radical (unpaired) electrons. The number of H-pyrrole nitrogens is 1. The van der Waals surface area contributed by atoms with E-state index in [1.165, 1.54) is 0 Å². The molecule has 0 aliphatic heterocycles. The van der Waals surface area contributed by atoms with Gasteiger partial charge in [-0.15, -0.1) is 0 Å². The lowest BCUT2D eigenvalue weighted by Gasteiger charge is -2.00. The Kier molecular flexibility index (Phi) is 2.45. The fourth-order valence-electron chi connectivity index (χ4n) is 1.28. The minimum Gasteiger partial charge on any atom is -0.296 e. The number of hydrogen-bond acceptors (Lipinski definition) is 2. The van der Waals surface area contributed by atoms with Gasteiger partial charge in [0.25, 0.3) is 0 Å². The monoisotopic (exact) mass is 250 g/mol. The van der Waals surface area contributed by atoms with Crippen molar-refractivity contribution in [3.63, 3.8) is 0 Å². The standard InChI is InChI=1S/C10H7BrN2O/c11-9-4-2-1-3-7(9)8-5-12-13-10(8)6-14/h1-6H,(H,12,13). The largest absolute Gasteiger partial charge is 0.296 e. The Morgan fingerprint density at radius 2 is 2.07 bits per heavy atom. The molecule has 2 rings (SSSR count). The Bertz CT molecular complexity index is 465. The van der Waals surface area contributed by atoms with Crippen LogP contribution in [0.4, 0.5) is 0 Å². The van der Waals surface area contributed by atoms with Gasteiger partial charge in [-0.05, 0) is 11.6 Å². The Morgan fingerprint density at radius 3 is 2.79 bits per heavy atom. The van der Waals surface area contributed by atoms with Crippen molar-refractivity contribution in [2.75, 3.05) is 0 Å². The zero-order valence-electron chi connectivity index (χ0n) is 7.20. The van der Waals surface area contributed by atoms with Gasteiger partial charge in [0.1, 0.15) is 5.69 Å². The summed E-state index contributed by atoms with van der Waals surface area (Å²) < 4.78 is 0.949. The van der Waals surface area contributed by atoms with Gasteiger partial charge in [-0.2, -0.15) is 5.10 Å². The zero-order chi connectivity index (χ0) is 9.97. The molecule has 0 saturated carbocycles. The maximum atomic E-state index is 10.7. The lowest BCUT2D eigenvalue weighted by atomic mass is 10.1. The first kappa shape index (κ1) is 9.15. The Hall–Kier alpha value is -1.42. The molecule has 14 heavy (non-hydrogen) atoms. The van der Waals surface area contributed by atoms with Crippen molar-refractivity contribution in [2.24, 2.45) is 0 Å². The van der Waals surface area contributed by atoms with E-state index in [9.17, 15) is 4.79 Å². The number of aromatic nitrogens is 2. The molecule has 0 fully saturated rings. The van der Waals surface area contributed by atoms with Gasteiger partial charge in [0.2, 0.25) is 0 Å². The number of benzene rings is 1. The van der Waals surface area contributed by atoms with E-state index in [2.05, 4.69) is 26.1 Å². The Morgan fingerprint density at radius 1 is 1.29 bits per heavy atom. The Balaban J connectivity index is 2.60. The van der Waals surface area contributed by atoms with Gasteiger partial charge in [-0.3, -0.25) is 9.89 Å². The smallest absolute Gasteiger partial charge is 0.168 e. The van der Waals surface area contributed by atoms with E-state index in [0.29, 0.717) is 5.69 Å². The first-order valence-corrected chi connectivity index (χ1v) is 4.85. The number of rotatable bonds is 2. The van der Waals surface area contributed by atoms with E-state index in [1.54, 1.807) is 6.20 Å². The van der Waals surface area contributed by atoms with Gasteiger partial charge in [0.05, 0.1) is 6.20 Å². The molecule has 0 spiro atoms. The van der Waals surface area contributed by atoms with E-state index in [1.807, 2.05) is 24.3 Å². The second kappa shape index (κ2) is 3.75. The molecule has 1 aromatic heterocycles. The molecular formula is C10H7BrN2O. The molecule has 0 atom stereocenters. The number of carbonyl (C=O) groups is 1. The number of aromatic amines is 1. The summed E-state index contributed by atoms with van der Waals surface area (Å²) in [5.41, 5.74) is 2.27. The summed E-state index contributed by atoms with van der Waals surface area (Å²) in [6.45, 7) is 0. The van der Waals surface area contributed by atoms with Crippen LogP contribution in [0, 0.1) is 0 Å². The minimum atomic E-state index is 0.497. The third kappa shape index (κ3) is 1.48. The number of nitrogens with one attached hydrogen (secondary N) is 1. The Labute approximate surface area is 89.3 Å². The van der Waals surface area contributed by atoms with Crippen molar-refractivity contribution in [3.05, 3.63) is 40.6 Å². The summed E-state index contributed by atoms with van der Waals surface area (Å²) in [6.07, 6.45) is 2.41. The van der Waals surface area contributed by atoms with Gasteiger partial charge in [-0.25, -0.2) is 0 Å². The highest BCUT2D eigenvalue weighted by atomic mass is 79.9. The second-order valence-corrected chi connectivity index (χ2v) is 3.65. The molecule has 0 unspecified atom stereocenters. The summed E-state index contributed by atoms with van der Waals surface area (Å²) in [5.74, 6) is 0. The van der Waals surface area contributed by atoms with Crippen LogP contribution in [-0.4, -0.2) is 16.5 Å². The average molecular weight is 251 g/mol. The van der Waals surface area contributed by atoms with Crippen molar-refractivity contribution in [1.82, 2.24) is 10.2 Å². The van der Waals surface area contributed by atoms with Gasteiger partial charge in [0.15, 0.2) is 6.29 Å². The number of nitrogens with zero attached hydrogens (tertiary/aromatic N) is 1. The van der Waals surface area contributed by atoms with E-state index < -0.39 is 0 Å². The van der Waals surface area contributed by atoms with Gasteiger partial charge in [0, 0.05) is 10.0 Å². The van der Waals surface area contributed by atoms with Crippen molar-refractivity contribution >= 4 is 22.2 Å². The fourth-order valence-corrected chi connectivity index (χ4v) is 1.78. The summed E-state index contributed by atoms with van der Waals surface area (Å²) >= 11 is 3.42. The maximum Gasteiger partial charge on any atom is 0.168 e. The quantitative estimate of drug-likeness (QED) is 0.834. The lowest BCUT2D eigenvalue weighted by molar-refractivity contribution is 0.111. The predicted molar refractivity (Wildman–Crippen MR) is 57.1 cm³/mol. The van der Waals surface area contributed by atoms with Gasteiger partial charge >= 0.3 is 0 Å². The molecule has 2 aromatic rings. The topological polar surface area (TPSA) is 45.8 Å². The van der Waals surface area contributed by atoms with Crippen molar-refractivity contribution in [2.45, 2.75) is 0 Å². The number of halogens is 1. The molecule has 0 amide bonds. The molecule has 4 heteroatoms. The van der Waals surface area contributed by atoms with Crippen LogP contribution in [0.2, 0.25) is 0 Å². The van der Waals surface area contributed by atoms with Crippen LogP contribution >= 0.6 is 15.9 Å². The van der Waals surface area contributed by atoms with Crippen molar-refractivity contribution in [1.29, 1.82) is 0 Å². The fraction of sp³-hybridized carbons (Fsp3) is 0. The predicted octanol–water partition coefficient (Wildman–Crippen LogP) is 2.65. The maximum absolute atomic E-state index is 10.7. The molecule has 1 N–H and O–H groups in total. The van der Waals surface area contributed by atoms with Crippen LogP contribution in [0.1, 0.15) is 10.5 Å². The normalized spacial score (nSPS) is 10.1. The molecule has 3 nitrogen and oxygen atoms in total. The molecule has 0 bridgehead atoms. The molecule has 70 valence electrons.